The highest BCUT2D eigenvalue weighted by Crippen LogP contribution is 2.33. The molecule has 1 N–H and O–H groups in total. The van der Waals surface area contributed by atoms with Crippen LogP contribution in [0.4, 0.5) is 5.82 Å². The topological polar surface area (TPSA) is 66.5 Å². The van der Waals surface area contributed by atoms with Crippen molar-refractivity contribution in [2.45, 2.75) is 19.3 Å². The molecule has 0 bridgehead atoms. The normalized spacial score (nSPS) is 13.5. The van der Waals surface area contributed by atoms with Gasteiger partial charge in [-0.2, -0.15) is 10.4 Å². The van der Waals surface area contributed by atoms with Crippen LogP contribution in [0, 0.1) is 11.3 Å². The molecular formula is C19H17N5. The van der Waals surface area contributed by atoms with Gasteiger partial charge < -0.3 is 5.32 Å². The minimum atomic E-state index is 0.648. The van der Waals surface area contributed by atoms with Crippen LogP contribution in [-0.4, -0.2) is 21.3 Å². The Hall–Kier alpha value is -3.13. The number of aromatic nitrogens is 3. The lowest BCUT2D eigenvalue weighted by molar-refractivity contribution is 0.779. The van der Waals surface area contributed by atoms with Crippen molar-refractivity contribution < 1.29 is 0 Å². The first-order chi connectivity index (χ1) is 11.9. The maximum Gasteiger partial charge on any atom is 0.133 e. The van der Waals surface area contributed by atoms with Crippen LogP contribution in [0.5, 0.6) is 0 Å². The molecule has 24 heavy (non-hydrogen) atoms. The molecule has 1 aliphatic rings. The zero-order valence-corrected chi connectivity index (χ0v) is 13.2. The third kappa shape index (κ3) is 2.52. The summed E-state index contributed by atoms with van der Waals surface area (Å²) in [5.41, 5.74) is 4.64. The third-order valence-corrected chi connectivity index (χ3v) is 4.28. The molecule has 2 aromatic heterocycles. The van der Waals surface area contributed by atoms with Gasteiger partial charge in [0, 0.05) is 18.3 Å². The van der Waals surface area contributed by atoms with E-state index < -0.39 is 0 Å². The smallest absolute Gasteiger partial charge is 0.133 e. The van der Waals surface area contributed by atoms with E-state index in [1.165, 1.54) is 5.56 Å². The van der Waals surface area contributed by atoms with E-state index in [0.29, 0.717) is 5.56 Å². The molecule has 0 amide bonds. The van der Waals surface area contributed by atoms with E-state index in [1.54, 1.807) is 6.20 Å². The Kier molecular flexibility index (Phi) is 3.72. The van der Waals surface area contributed by atoms with Crippen molar-refractivity contribution in [3.05, 3.63) is 59.8 Å². The fourth-order valence-corrected chi connectivity index (χ4v) is 3.07. The molecule has 0 fully saturated rings. The number of nitriles is 1. The molecule has 0 saturated carbocycles. The van der Waals surface area contributed by atoms with Gasteiger partial charge in [0.15, 0.2) is 0 Å². The highest BCUT2D eigenvalue weighted by atomic mass is 15.3. The SMILES string of the molecule is N#Cc1ccc(-n2nc(-c3ccccn3)c3c2NCCCC3)cc1. The minimum absolute atomic E-state index is 0.648. The minimum Gasteiger partial charge on any atom is -0.370 e. The number of nitrogens with zero attached hydrogens (tertiary/aromatic N) is 4. The van der Waals surface area contributed by atoms with E-state index in [2.05, 4.69) is 16.4 Å². The first-order valence-corrected chi connectivity index (χ1v) is 8.14. The van der Waals surface area contributed by atoms with E-state index in [0.717, 1.165) is 48.7 Å². The quantitative estimate of drug-likeness (QED) is 0.785. The van der Waals surface area contributed by atoms with Crippen LogP contribution in [-0.2, 0) is 6.42 Å². The highest BCUT2D eigenvalue weighted by molar-refractivity contribution is 5.69. The molecular weight excluding hydrogens is 298 g/mol. The first kappa shape index (κ1) is 14.5. The molecule has 4 rings (SSSR count). The predicted molar refractivity (Wildman–Crippen MR) is 92.9 cm³/mol. The lowest BCUT2D eigenvalue weighted by Crippen LogP contribution is -2.07. The summed E-state index contributed by atoms with van der Waals surface area (Å²) in [7, 11) is 0. The molecule has 1 aromatic carbocycles. The van der Waals surface area contributed by atoms with E-state index >= 15 is 0 Å². The summed E-state index contributed by atoms with van der Waals surface area (Å²) in [4.78, 5) is 4.48. The molecule has 0 aliphatic carbocycles. The van der Waals surface area contributed by atoms with Crippen molar-refractivity contribution in [2.75, 3.05) is 11.9 Å². The second kappa shape index (κ2) is 6.17. The molecule has 3 heterocycles. The molecule has 0 spiro atoms. The average Bonchev–Trinajstić information content (AvgIpc) is 2.84. The molecule has 5 nitrogen and oxygen atoms in total. The van der Waals surface area contributed by atoms with Gasteiger partial charge in [-0.1, -0.05) is 6.07 Å². The highest BCUT2D eigenvalue weighted by Gasteiger charge is 2.22. The second-order valence-electron chi connectivity index (χ2n) is 5.85. The van der Waals surface area contributed by atoms with Gasteiger partial charge >= 0.3 is 0 Å². The van der Waals surface area contributed by atoms with Gasteiger partial charge in [-0.25, -0.2) is 4.68 Å². The maximum absolute atomic E-state index is 8.99. The number of nitrogens with one attached hydrogen (secondary N) is 1. The predicted octanol–water partition coefficient (Wildman–Crippen LogP) is 3.55. The van der Waals surface area contributed by atoms with Crippen molar-refractivity contribution >= 4 is 5.82 Å². The third-order valence-electron chi connectivity index (χ3n) is 4.28. The van der Waals surface area contributed by atoms with Crippen LogP contribution in [0.3, 0.4) is 0 Å². The Balaban J connectivity index is 1.88. The van der Waals surface area contributed by atoms with Crippen molar-refractivity contribution in [3.63, 3.8) is 0 Å². The number of fused-ring (bicyclic) bond motifs is 1. The largest absolute Gasteiger partial charge is 0.370 e. The number of benzene rings is 1. The molecule has 0 saturated heterocycles. The van der Waals surface area contributed by atoms with Crippen molar-refractivity contribution in [1.82, 2.24) is 14.8 Å². The molecule has 5 heteroatoms. The molecule has 0 atom stereocenters. The summed E-state index contributed by atoms with van der Waals surface area (Å²) in [6.45, 7) is 0.941. The number of anilines is 1. The fourth-order valence-electron chi connectivity index (χ4n) is 3.07. The van der Waals surface area contributed by atoms with Gasteiger partial charge in [-0.3, -0.25) is 4.98 Å². The van der Waals surface area contributed by atoms with Crippen LogP contribution < -0.4 is 5.32 Å². The zero-order chi connectivity index (χ0) is 16.4. The summed E-state index contributed by atoms with van der Waals surface area (Å²) >= 11 is 0. The van der Waals surface area contributed by atoms with E-state index in [1.807, 2.05) is 47.1 Å². The number of hydrogen-bond acceptors (Lipinski definition) is 4. The molecule has 118 valence electrons. The number of hydrogen-bond donors (Lipinski definition) is 1. The first-order valence-electron chi connectivity index (χ1n) is 8.14. The summed E-state index contributed by atoms with van der Waals surface area (Å²) in [5, 5.41) is 17.3. The Bertz CT molecular complexity index is 888. The lowest BCUT2D eigenvalue weighted by Gasteiger charge is -2.09. The summed E-state index contributed by atoms with van der Waals surface area (Å²) in [6, 6.07) is 15.6. The maximum atomic E-state index is 8.99. The van der Waals surface area contributed by atoms with Crippen LogP contribution >= 0.6 is 0 Å². The lowest BCUT2D eigenvalue weighted by atomic mass is 10.1. The van der Waals surface area contributed by atoms with Crippen LogP contribution in [0.1, 0.15) is 24.0 Å². The molecule has 0 radical (unpaired) electrons. The summed E-state index contributed by atoms with van der Waals surface area (Å²) in [6.07, 6.45) is 5.07. The van der Waals surface area contributed by atoms with Crippen molar-refractivity contribution in [1.29, 1.82) is 5.26 Å². The Morgan fingerprint density at radius 3 is 2.71 bits per heavy atom. The second-order valence-corrected chi connectivity index (χ2v) is 5.85. The van der Waals surface area contributed by atoms with Gasteiger partial charge in [0.2, 0.25) is 0 Å². The van der Waals surface area contributed by atoms with Gasteiger partial charge in [-0.05, 0) is 55.7 Å². The van der Waals surface area contributed by atoms with E-state index in [-0.39, 0.29) is 0 Å². The number of pyridine rings is 1. The van der Waals surface area contributed by atoms with E-state index in [4.69, 9.17) is 10.4 Å². The molecule has 3 aromatic rings. The van der Waals surface area contributed by atoms with Crippen LogP contribution in [0.2, 0.25) is 0 Å². The molecule has 1 aliphatic heterocycles. The van der Waals surface area contributed by atoms with E-state index in [9.17, 15) is 0 Å². The Morgan fingerprint density at radius 2 is 1.96 bits per heavy atom. The average molecular weight is 315 g/mol. The van der Waals surface area contributed by atoms with Crippen LogP contribution in [0.25, 0.3) is 17.1 Å². The van der Waals surface area contributed by atoms with Crippen LogP contribution in [0.15, 0.2) is 48.7 Å². The monoisotopic (exact) mass is 315 g/mol. The summed E-state index contributed by atoms with van der Waals surface area (Å²) in [5.74, 6) is 1.04. The van der Waals surface area contributed by atoms with Gasteiger partial charge in [0.1, 0.15) is 11.5 Å². The zero-order valence-electron chi connectivity index (χ0n) is 13.2. The van der Waals surface area contributed by atoms with Crippen molar-refractivity contribution in [2.24, 2.45) is 0 Å². The van der Waals surface area contributed by atoms with Crippen molar-refractivity contribution in [3.8, 4) is 23.1 Å². The summed E-state index contributed by atoms with van der Waals surface area (Å²) < 4.78 is 1.94. The van der Waals surface area contributed by atoms with Gasteiger partial charge in [-0.15, -0.1) is 0 Å². The van der Waals surface area contributed by atoms with Gasteiger partial charge in [0.25, 0.3) is 0 Å². The Morgan fingerprint density at radius 1 is 1.08 bits per heavy atom. The fraction of sp³-hybridized carbons (Fsp3) is 0.211. The van der Waals surface area contributed by atoms with Gasteiger partial charge in [0.05, 0.1) is 23.0 Å². The Labute approximate surface area is 140 Å². The molecule has 0 unspecified atom stereocenters. The number of rotatable bonds is 2. The standard InChI is InChI=1S/C19H17N5/c20-13-14-7-9-15(10-8-14)24-19-16(5-1-3-12-22-19)18(23-24)17-6-2-4-11-21-17/h2,4,6-11,22H,1,3,5,12H2.